The molecule has 7 nitrogen and oxygen atoms in total. The molecule has 32 heavy (non-hydrogen) atoms. The van der Waals surface area contributed by atoms with Crippen LogP contribution in [0.3, 0.4) is 0 Å². The first-order chi connectivity index (χ1) is 15.5. The van der Waals surface area contributed by atoms with Crippen molar-refractivity contribution in [1.29, 1.82) is 0 Å². The first-order valence-electron chi connectivity index (χ1n) is 10.3. The molecule has 1 heterocycles. The van der Waals surface area contributed by atoms with E-state index in [0.29, 0.717) is 36.9 Å². The van der Waals surface area contributed by atoms with Crippen molar-refractivity contribution in [3.05, 3.63) is 89.6 Å². The Hall–Kier alpha value is -3.81. The maximum absolute atomic E-state index is 13.7. The second-order valence-electron chi connectivity index (χ2n) is 7.13. The largest absolute Gasteiger partial charge is 0.486 e. The number of nitrogens with one attached hydrogen (secondary N) is 3. The van der Waals surface area contributed by atoms with Crippen LogP contribution in [0.4, 0.5) is 4.39 Å². The number of furan rings is 1. The lowest BCUT2D eigenvalue weighted by atomic mass is 10.1. The van der Waals surface area contributed by atoms with Gasteiger partial charge in [0.25, 0.3) is 5.91 Å². The van der Waals surface area contributed by atoms with Gasteiger partial charge in [-0.25, -0.2) is 4.39 Å². The Bertz CT molecular complexity index is 1040. The zero-order chi connectivity index (χ0) is 22.8. The van der Waals surface area contributed by atoms with Gasteiger partial charge in [-0.3, -0.25) is 9.79 Å². The molecule has 0 fully saturated rings. The minimum Gasteiger partial charge on any atom is -0.486 e. The maximum atomic E-state index is 13.7. The number of hydrogen-bond donors (Lipinski definition) is 3. The molecule has 1 unspecified atom stereocenters. The molecule has 0 aliphatic heterocycles. The van der Waals surface area contributed by atoms with Gasteiger partial charge < -0.3 is 25.1 Å². The third-order valence-electron chi connectivity index (χ3n) is 4.60. The molecule has 3 aromatic rings. The van der Waals surface area contributed by atoms with Crippen LogP contribution >= 0.6 is 0 Å². The Morgan fingerprint density at radius 2 is 1.91 bits per heavy atom. The summed E-state index contributed by atoms with van der Waals surface area (Å²) < 4.78 is 24.6. The van der Waals surface area contributed by atoms with Crippen molar-refractivity contribution in [1.82, 2.24) is 16.0 Å². The number of benzene rings is 2. The van der Waals surface area contributed by atoms with Crippen molar-refractivity contribution in [3.8, 4) is 5.75 Å². The van der Waals surface area contributed by atoms with E-state index in [1.165, 1.54) is 6.07 Å². The predicted octanol–water partition coefficient (Wildman–Crippen LogP) is 3.48. The van der Waals surface area contributed by atoms with E-state index in [1.54, 1.807) is 43.6 Å². The number of amides is 1. The number of halogens is 1. The molecule has 0 bridgehead atoms. The van der Waals surface area contributed by atoms with Crippen molar-refractivity contribution in [2.45, 2.75) is 26.1 Å². The lowest BCUT2D eigenvalue weighted by Crippen LogP contribution is -2.41. The smallest absolute Gasteiger partial charge is 0.251 e. The summed E-state index contributed by atoms with van der Waals surface area (Å²) in [6.45, 7) is 3.08. The SMILES string of the molecule is CN=C(NCc1cccc(C(=O)NCc2ccco2)c1)NCC(C)Oc1ccccc1F. The number of aliphatic imine (C=N–C) groups is 1. The number of rotatable bonds is 9. The first-order valence-corrected chi connectivity index (χ1v) is 10.3. The summed E-state index contributed by atoms with van der Waals surface area (Å²) in [6, 6.07) is 17.2. The average Bonchev–Trinajstić information content (AvgIpc) is 3.33. The first kappa shape index (κ1) is 22.9. The number of carbonyl (C=O) groups is 1. The highest BCUT2D eigenvalue weighted by Crippen LogP contribution is 2.16. The fraction of sp³-hybridized carbons (Fsp3) is 0.250. The molecule has 1 atom stereocenters. The molecule has 2 aromatic carbocycles. The Morgan fingerprint density at radius 3 is 2.66 bits per heavy atom. The van der Waals surface area contributed by atoms with Crippen LogP contribution < -0.4 is 20.7 Å². The zero-order valence-corrected chi connectivity index (χ0v) is 18.1. The van der Waals surface area contributed by atoms with Crippen LogP contribution in [-0.4, -0.2) is 31.6 Å². The van der Waals surface area contributed by atoms with Crippen LogP contribution in [0.25, 0.3) is 0 Å². The highest BCUT2D eigenvalue weighted by Gasteiger charge is 2.10. The van der Waals surface area contributed by atoms with Crippen LogP contribution in [0.15, 0.2) is 76.3 Å². The van der Waals surface area contributed by atoms with Gasteiger partial charge in [-0.15, -0.1) is 0 Å². The third kappa shape index (κ3) is 6.87. The third-order valence-corrected chi connectivity index (χ3v) is 4.60. The van der Waals surface area contributed by atoms with Crippen molar-refractivity contribution in [2.75, 3.05) is 13.6 Å². The van der Waals surface area contributed by atoms with Crippen molar-refractivity contribution >= 4 is 11.9 Å². The van der Waals surface area contributed by atoms with Gasteiger partial charge in [0, 0.05) is 19.2 Å². The fourth-order valence-corrected chi connectivity index (χ4v) is 2.95. The molecule has 1 aromatic heterocycles. The molecule has 1 amide bonds. The quantitative estimate of drug-likeness (QED) is 0.352. The Balaban J connectivity index is 1.46. The lowest BCUT2D eigenvalue weighted by molar-refractivity contribution is 0.0948. The molecular formula is C24H27FN4O3. The van der Waals surface area contributed by atoms with Gasteiger partial charge >= 0.3 is 0 Å². The molecular weight excluding hydrogens is 411 g/mol. The summed E-state index contributed by atoms with van der Waals surface area (Å²) >= 11 is 0. The molecule has 3 rings (SSSR count). The monoisotopic (exact) mass is 438 g/mol. The van der Waals surface area contributed by atoms with Gasteiger partial charge in [0.1, 0.15) is 11.9 Å². The molecule has 0 saturated heterocycles. The van der Waals surface area contributed by atoms with E-state index in [2.05, 4.69) is 20.9 Å². The van der Waals surface area contributed by atoms with Gasteiger partial charge in [0.15, 0.2) is 17.5 Å². The highest BCUT2D eigenvalue weighted by atomic mass is 19.1. The van der Waals surface area contributed by atoms with E-state index < -0.39 is 5.82 Å². The molecule has 3 N–H and O–H groups in total. The minimum atomic E-state index is -0.394. The minimum absolute atomic E-state index is 0.176. The van der Waals surface area contributed by atoms with Gasteiger partial charge in [-0.05, 0) is 48.9 Å². The predicted molar refractivity (Wildman–Crippen MR) is 121 cm³/mol. The molecule has 0 aliphatic carbocycles. The van der Waals surface area contributed by atoms with Crippen LogP contribution in [-0.2, 0) is 13.1 Å². The molecule has 168 valence electrons. The fourth-order valence-electron chi connectivity index (χ4n) is 2.95. The summed E-state index contributed by atoms with van der Waals surface area (Å²) in [6.07, 6.45) is 1.30. The number of hydrogen-bond acceptors (Lipinski definition) is 4. The van der Waals surface area contributed by atoms with Crippen LogP contribution in [0, 0.1) is 5.82 Å². The number of ether oxygens (including phenoxy) is 1. The van der Waals surface area contributed by atoms with Gasteiger partial charge in [0.2, 0.25) is 0 Å². The number of para-hydroxylation sites is 1. The zero-order valence-electron chi connectivity index (χ0n) is 18.1. The van der Waals surface area contributed by atoms with E-state index in [4.69, 9.17) is 9.15 Å². The van der Waals surface area contributed by atoms with Crippen molar-refractivity contribution in [3.63, 3.8) is 0 Å². The van der Waals surface area contributed by atoms with E-state index in [-0.39, 0.29) is 17.8 Å². The number of carbonyl (C=O) groups excluding carboxylic acids is 1. The van der Waals surface area contributed by atoms with Crippen molar-refractivity contribution < 1.29 is 18.3 Å². The second kappa shape index (κ2) is 11.5. The van der Waals surface area contributed by atoms with E-state index in [1.807, 2.05) is 31.2 Å². The average molecular weight is 439 g/mol. The Labute approximate surface area is 186 Å². The van der Waals surface area contributed by atoms with Gasteiger partial charge in [0.05, 0.1) is 19.4 Å². The van der Waals surface area contributed by atoms with Crippen LogP contribution in [0.2, 0.25) is 0 Å². The molecule has 0 aliphatic rings. The summed E-state index contributed by atoms with van der Waals surface area (Å²) in [5.74, 6) is 0.910. The summed E-state index contributed by atoms with van der Waals surface area (Å²) in [7, 11) is 1.66. The Morgan fingerprint density at radius 1 is 1.06 bits per heavy atom. The summed E-state index contributed by atoms with van der Waals surface area (Å²) in [4.78, 5) is 16.6. The van der Waals surface area contributed by atoms with E-state index in [0.717, 1.165) is 5.56 Å². The standard InChI is InChI=1S/C24H27FN4O3/c1-17(32-22-11-4-3-10-21(22)25)14-28-24(26-2)29-15-18-7-5-8-19(13-18)23(30)27-16-20-9-6-12-31-20/h3-13,17H,14-16H2,1-2H3,(H,27,30)(H2,26,28,29). The van der Waals surface area contributed by atoms with E-state index in [9.17, 15) is 9.18 Å². The van der Waals surface area contributed by atoms with E-state index >= 15 is 0 Å². The number of nitrogens with zero attached hydrogens (tertiary/aromatic N) is 1. The lowest BCUT2D eigenvalue weighted by Gasteiger charge is -2.18. The molecule has 0 radical (unpaired) electrons. The number of guanidine groups is 1. The van der Waals surface area contributed by atoms with Gasteiger partial charge in [-0.1, -0.05) is 24.3 Å². The summed E-state index contributed by atoms with van der Waals surface area (Å²) in [5, 5.41) is 9.19. The second-order valence-corrected chi connectivity index (χ2v) is 7.13. The Kier molecular flexibility index (Phi) is 8.25. The topological polar surface area (TPSA) is 87.9 Å². The normalized spacial score (nSPS) is 12.2. The molecule has 0 saturated carbocycles. The summed E-state index contributed by atoms with van der Waals surface area (Å²) in [5.41, 5.74) is 1.49. The van der Waals surface area contributed by atoms with Gasteiger partial charge in [-0.2, -0.15) is 0 Å². The molecule has 8 heteroatoms. The molecule has 0 spiro atoms. The maximum Gasteiger partial charge on any atom is 0.251 e. The van der Waals surface area contributed by atoms with Crippen LogP contribution in [0.5, 0.6) is 5.75 Å². The van der Waals surface area contributed by atoms with Crippen LogP contribution in [0.1, 0.15) is 28.6 Å². The highest BCUT2D eigenvalue weighted by molar-refractivity contribution is 5.94. The van der Waals surface area contributed by atoms with Crippen molar-refractivity contribution in [2.24, 2.45) is 4.99 Å².